The molecule has 4 heterocycles. The van der Waals surface area contributed by atoms with Gasteiger partial charge in [-0.1, -0.05) is 12.1 Å². The Bertz CT molecular complexity index is 1430. The fourth-order valence-electron chi connectivity index (χ4n) is 4.32. The third kappa shape index (κ3) is 3.97. The van der Waals surface area contributed by atoms with Gasteiger partial charge in [0, 0.05) is 24.5 Å². The van der Waals surface area contributed by atoms with Crippen molar-refractivity contribution in [2.75, 3.05) is 11.9 Å². The van der Waals surface area contributed by atoms with E-state index in [1.54, 1.807) is 41.5 Å². The van der Waals surface area contributed by atoms with Crippen molar-refractivity contribution in [3.8, 4) is 5.82 Å². The van der Waals surface area contributed by atoms with Crippen LogP contribution in [0.5, 0.6) is 0 Å². The summed E-state index contributed by atoms with van der Waals surface area (Å²) in [5, 5.41) is 17.6. The molecule has 0 saturated carbocycles. The molecule has 34 heavy (non-hydrogen) atoms. The number of nitrogens with zero attached hydrogens (tertiary/aromatic N) is 5. The Hall–Kier alpha value is -3.56. The first kappa shape index (κ1) is 22.2. The van der Waals surface area contributed by atoms with Gasteiger partial charge >= 0.3 is 0 Å². The van der Waals surface area contributed by atoms with Crippen LogP contribution in [0, 0.1) is 0 Å². The average Bonchev–Trinajstić information content (AvgIpc) is 3.10. The van der Waals surface area contributed by atoms with Gasteiger partial charge in [-0.3, -0.25) is 4.79 Å². The molecule has 9 nitrogen and oxygen atoms in total. The lowest BCUT2D eigenvalue weighted by Crippen LogP contribution is -2.25. The van der Waals surface area contributed by atoms with Crippen molar-refractivity contribution in [2.45, 2.75) is 52.3 Å². The van der Waals surface area contributed by atoms with Crippen molar-refractivity contribution in [3.05, 3.63) is 69.8 Å². The van der Waals surface area contributed by atoms with Crippen LogP contribution >= 0.6 is 0 Å². The SMILES string of the molecule is CC(C)n1c(=O)c2cnc(Nc3ccc4c(c3)CNCC4)nc2n1-c1cccc(C(C)(C)O)n1. The predicted molar refractivity (Wildman–Crippen MR) is 132 cm³/mol. The van der Waals surface area contributed by atoms with Crippen molar-refractivity contribution in [1.29, 1.82) is 0 Å². The van der Waals surface area contributed by atoms with Gasteiger partial charge in [0.1, 0.15) is 11.0 Å². The Morgan fingerprint density at radius 3 is 2.74 bits per heavy atom. The number of anilines is 2. The summed E-state index contributed by atoms with van der Waals surface area (Å²) >= 11 is 0. The zero-order chi connectivity index (χ0) is 24.0. The maximum Gasteiger partial charge on any atom is 0.278 e. The Balaban J connectivity index is 1.63. The molecule has 5 rings (SSSR count). The molecule has 0 unspecified atom stereocenters. The number of hydrogen-bond donors (Lipinski definition) is 3. The van der Waals surface area contributed by atoms with Crippen molar-refractivity contribution in [1.82, 2.24) is 29.6 Å². The molecule has 9 heteroatoms. The van der Waals surface area contributed by atoms with Crippen LogP contribution in [0.15, 0.2) is 47.4 Å². The summed E-state index contributed by atoms with van der Waals surface area (Å²) in [5.74, 6) is 0.898. The number of fused-ring (bicyclic) bond motifs is 2. The van der Waals surface area contributed by atoms with Gasteiger partial charge in [0.25, 0.3) is 5.56 Å². The number of aliphatic hydroxyl groups is 1. The van der Waals surface area contributed by atoms with Gasteiger partial charge in [-0.05, 0) is 76.1 Å². The number of nitrogens with one attached hydrogen (secondary N) is 2. The highest BCUT2D eigenvalue weighted by molar-refractivity contribution is 5.77. The molecule has 1 aliphatic rings. The highest BCUT2D eigenvalue weighted by Gasteiger charge is 2.23. The van der Waals surface area contributed by atoms with Crippen LogP contribution in [0.4, 0.5) is 11.6 Å². The van der Waals surface area contributed by atoms with E-state index in [9.17, 15) is 9.90 Å². The molecule has 4 aromatic rings. The largest absolute Gasteiger partial charge is 0.384 e. The molecule has 0 bridgehead atoms. The zero-order valence-electron chi connectivity index (χ0n) is 19.8. The molecule has 0 saturated heterocycles. The molecule has 0 aliphatic carbocycles. The van der Waals surface area contributed by atoms with Gasteiger partial charge in [0.15, 0.2) is 11.5 Å². The van der Waals surface area contributed by atoms with E-state index in [1.165, 1.54) is 11.1 Å². The van der Waals surface area contributed by atoms with E-state index >= 15 is 0 Å². The molecule has 3 N–H and O–H groups in total. The molecule has 0 fully saturated rings. The van der Waals surface area contributed by atoms with E-state index < -0.39 is 5.60 Å². The average molecular weight is 460 g/mol. The lowest BCUT2D eigenvalue weighted by atomic mass is 10.0. The standard InChI is InChI=1S/C25H29N7O2/c1-15(2)31-23(33)19-14-27-24(28-18-9-8-16-10-11-26-13-17(16)12-18)30-22(19)32(31)21-7-5-6-20(29-21)25(3,4)34/h5-9,12,14-15,26,34H,10-11,13H2,1-4H3,(H,27,28,30). The number of rotatable bonds is 5. The maximum absolute atomic E-state index is 13.2. The second-order valence-corrected chi connectivity index (χ2v) is 9.46. The Labute approximate surface area is 197 Å². The van der Waals surface area contributed by atoms with Crippen LogP contribution in [0.2, 0.25) is 0 Å². The monoisotopic (exact) mass is 459 g/mol. The minimum Gasteiger partial charge on any atom is -0.384 e. The topological polar surface area (TPSA) is 110 Å². The second-order valence-electron chi connectivity index (χ2n) is 9.46. The lowest BCUT2D eigenvalue weighted by Gasteiger charge is -2.19. The highest BCUT2D eigenvalue weighted by atomic mass is 16.3. The minimum absolute atomic E-state index is 0.140. The fourth-order valence-corrected chi connectivity index (χ4v) is 4.32. The highest BCUT2D eigenvalue weighted by Crippen LogP contribution is 2.24. The Morgan fingerprint density at radius 2 is 1.97 bits per heavy atom. The molecule has 1 aromatic carbocycles. The molecule has 176 valence electrons. The van der Waals surface area contributed by atoms with E-state index in [0.29, 0.717) is 28.5 Å². The van der Waals surface area contributed by atoms with Gasteiger partial charge in [-0.15, -0.1) is 0 Å². The molecular formula is C25H29N7O2. The molecule has 0 atom stereocenters. The summed E-state index contributed by atoms with van der Waals surface area (Å²) in [6.45, 7) is 9.06. The maximum atomic E-state index is 13.2. The third-order valence-electron chi connectivity index (χ3n) is 6.04. The van der Waals surface area contributed by atoms with Gasteiger partial charge in [-0.2, -0.15) is 4.98 Å². The summed E-state index contributed by atoms with van der Waals surface area (Å²) in [7, 11) is 0. The molecule has 0 amide bonds. The summed E-state index contributed by atoms with van der Waals surface area (Å²) < 4.78 is 3.32. The Morgan fingerprint density at radius 1 is 1.15 bits per heavy atom. The third-order valence-corrected chi connectivity index (χ3v) is 6.04. The minimum atomic E-state index is -1.12. The summed E-state index contributed by atoms with van der Waals surface area (Å²) in [6.07, 6.45) is 2.58. The predicted octanol–water partition coefficient (Wildman–Crippen LogP) is 3.17. The van der Waals surface area contributed by atoms with Crippen molar-refractivity contribution >= 4 is 22.7 Å². The van der Waals surface area contributed by atoms with Gasteiger partial charge in [0.05, 0.1) is 5.69 Å². The van der Waals surface area contributed by atoms with Crippen LogP contribution < -0.4 is 16.2 Å². The van der Waals surface area contributed by atoms with Gasteiger partial charge in [0.2, 0.25) is 5.95 Å². The molecule has 1 aliphatic heterocycles. The van der Waals surface area contributed by atoms with Crippen LogP contribution in [0.1, 0.15) is 50.6 Å². The summed E-state index contributed by atoms with van der Waals surface area (Å²) in [5.41, 5.74) is 3.15. The van der Waals surface area contributed by atoms with Gasteiger partial charge < -0.3 is 15.7 Å². The van der Waals surface area contributed by atoms with E-state index in [0.717, 1.165) is 25.2 Å². The number of benzene rings is 1. The number of aromatic nitrogens is 5. The molecule has 0 radical (unpaired) electrons. The molecular weight excluding hydrogens is 430 g/mol. The van der Waals surface area contributed by atoms with E-state index in [-0.39, 0.29) is 11.6 Å². The van der Waals surface area contributed by atoms with Gasteiger partial charge in [-0.25, -0.2) is 19.3 Å². The quantitative estimate of drug-likeness (QED) is 0.420. The zero-order valence-corrected chi connectivity index (χ0v) is 19.8. The van der Waals surface area contributed by atoms with Crippen molar-refractivity contribution in [3.63, 3.8) is 0 Å². The van der Waals surface area contributed by atoms with E-state index in [4.69, 9.17) is 4.98 Å². The fraction of sp³-hybridized carbons (Fsp3) is 0.360. The normalized spacial score (nSPS) is 13.9. The summed E-state index contributed by atoms with van der Waals surface area (Å²) in [4.78, 5) is 27.0. The van der Waals surface area contributed by atoms with Crippen LogP contribution in [-0.2, 0) is 18.6 Å². The van der Waals surface area contributed by atoms with Crippen molar-refractivity contribution < 1.29 is 5.11 Å². The van der Waals surface area contributed by atoms with E-state index in [2.05, 4.69) is 32.7 Å². The number of hydrogen-bond acceptors (Lipinski definition) is 7. The van der Waals surface area contributed by atoms with Crippen LogP contribution in [0.25, 0.3) is 16.9 Å². The number of pyridine rings is 1. The first-order valence-corrected chi connectivity index (χ1v) is 11.5. The Kier molecular flexibility index (Phi) is 5.45. The van der Waals surface area contributed by atoms with Crippen molar-refractivity contribution in [2.24, 2.45) is 0 Å². The first-order valence-electron chi connectivity index (χ1n) is 11.5. The smallest absolute Gasteiger partial charge is 0.278 e. The van der Waals surface area contributed by atoms with E-state index in [1.807, 2.05) is 26.0 Å². The van der Waals surface area contributed by atoms with Crippen LogP contribution in [0.3, 0.4) is 0 Å². The van der Waals surface area contributed by atoms with Crippen LogP contribution in [-0.4, -0.2) is 36.0 Å². The molecule has 0 spiro atoms. The first-order chi connectivity index (χ1) is 16.2. The lowest BCUT2D eigenvalue weighted by molar-refractivity contribution is 0.0738. The summed E-state index contributed by atoms with van der Waals surface area (Å²) in [6, 6.07) is 11.5. The second kappa shape index (κ2) is 8.34. The molecule has 3 aromatic heterocycles.